The van der Waals surface area contributed by atoms with Crippen molar-refractivity contribution in [2.45, 2.75) is 39.5 Å². The fourth-order valence-corrected chi connectivity index (χ4v) is 4.02. The third-order valence-electron chi connectivity index (χ3n) is 5.35. The molecule has 0 unspecified atom stereocenters. The molecular formula is C25H30N2O5S. The first-order chi connectivity index (χ1) is 16.0. The van der Waals surface area contributed by atoms with Gasteiger partial charge in [-0.25, -0.2) is 4.98 Å². The van der Waals surface area contributed by atoms with E-state index in [1.165, 1.54) is 11.3 Å². The van der Waals surface area contributed by atoms with E-state index in [1.54, 1.807) is 33.5 Å². The number of para-hydroxylation sites is 1. The first kappa shape index (κ1) is 24.4. The quantitative estimate of drug-likeness (QED) is 0.384. The van der Waals surface area contributed by atoms with Crippen LogP contribution < -0.4 is 18.9 Å². The van der Waals surface area contributed by atoms with Crippen molar-refractivity contribution >= 4 is 17.2 Å². The van der Waals surface area contributed by atoms with Crippen LogP contribution in [0.3, 0.4) is 0 Å². The summed E-state index contributed by atoms with van der Waals surface area (Å²) in [4.78, 5) is 19.8. The Kier molecular flexibility index (Phi) is 8.54. The highest BCUT2D eigenvalue weighted by molar-refractivity contribution is 7.09. The van der Waals surface area contributed by atoms with Crippen molar-refractivity contribution < 1.29 is 23.7 Å². The molecule has 0 aliphatic heterocycles. The summed E-state index contributed by atoms with van der Waals surface area (Å²) in [6.07, 6.45) is 0.837. The molecule has 0 radical (unpaired) electrons. The highest BCUT2D eigenvalue weighted by Crippen LogP contribution is 2.37. The summed E-state index contributed by atoms with van der Waals surface area (Å²) in [6.45, 7) is 4.80. The molecule has 0 fully saturated rings. The topological polar surface area (TPSA) is 70.1 Å². The Hall–Kier alpha value is -3.26. The van der Waals surface area contributed by atoms with Crippen molar-refractivity contribution in [3.05, 3.63) is 64.1 Å². The number of amides is 1. The van der Waals surface area contributed by atoms with Crippen molar-refractivity contribution in [1.29, 1.82) is 0 Å². The van der Waals surface area contributed by atoms with E-state index in [9.17, 15) is 4.79 Å². The van der Waals surface area contributed by atoms with Crippen LogP contribution in [0.4, 0.5) is 0 Å². The predicted octanol–water partition coefficient (Wildman–Crippen LogP) is 5.19. The lowest BCUT2D eigenvalue weighted by Crippen LogP contribution is -2.37. The molecule has 3 rings (SSSR count). The fourth-order valence-electron chi connectivity index (χ4n) is 3.33. The smallest absolute Gasteiger partial charge is 0.254 e. The Bertz CT molecular complexity index is 1050. The fraction of sp³-hybridized carbons (Fsp3) is 0.360. The molecule has 1 aromatic heterocycles. The van der Waals surface area contributed by atoms with Crippen molar-refractivity contribution in [2.75, 3.05) is 21.3 Å². The van der Waals surface area contributed by atoms with Crippen LogP contribution in [0.2, 0.25) is 0 Å². The van der Waals surface area contributed by atoms with Crippen molar-refractivity contribution in [2.24, 2.45) is 0 Å². The Morgan fingerprint density at radius 2 is 1.76 bits per heavy atom. The number of rotatable bonds is 11. The lowest BCUT2D eigenvalue weighted by atomic mass is 10.1. The van der Waals surface area contributed by atoms with Gasteiger partial charge in [-0.3, -0.25) is 4.79 Å². The molecule has 1 heterocycles. The largest absolute Gasteiger partial charge is 0.497 e. The number of hydrogen-bond donors (Lipinski definition) is 0. The monoisotopic (exact) mass is 470 g/mol. The van der Waals surface area contributed by atoms with E-state index >= 15 is 0 Å². The van der Waals surface area contributed by atoms with Gasteiger partial charge in [0.25, 0.3) is 5.91 Å². The molecule has 7 nitrogen and oxygen atoms in total. The van der Waals surface area contributed by atoms with E-state index in [2.05, 4.69) is 6.92 Å². The van der Waals surface area contributed by atoms with Crippen LogP contribution in [0.25, 0.3) is 0 Å². The minimum Gasteiger partial charge on any atom is -0.497 e. The molecule has 2 aromatic carbocycles. The van der Waals surface area contributed by atoms with Gasteiger partial charge < -0.3 is 23.8 Å². The molecule has 0 aliphatic carbocycles. The van der Waals surface area contributed by atoms with Crippen molar-refractivity contribution in [3.63, 3.8) is 0 Å². The van der Waals surface area contributed by atoms with Crippen LogP contribution in [0, 0.1) is 0 Å². The zero-order chi connectivity index (χ0) is 23.8. The highest BCUT2D eigenvalue weighted by atomic mass is 32.1. The molecule has 3 aromatic rings. The van der Waals surface area contributed by atoms with Crippen LogP contribution in [-0.2, 0) is 13.2 Å². The lowest BCUT2D eigenvalue weighted by molar-refractivity contribution is 0.0668. The highest BCUT2D eigenvalue weighted by Gasteiger charge is 2.22. The minimum atomic E-state index is -0.0483. The molecule has 0 spiro atoms. The molecule has 8 heteroatoms. The van der Waals surface area contributed by atoms with E-state index < -0.39 is 0 Å². The number of hydrogen-bond acceptors (Lipinski definition) is 7. The van der Waals surface area contributed by atoms with Gasteiger partial charge in [-0.05, 0) is 43.7 Å². The number of benzene rings is 2. The summed E-state index contributed by atoms with van der Waals surface area (Å²) in [5.41, 5.74) is 1.42. The number of thiazole rings is 1. The molecule has 0 bridgehead atoms. The molecule has 33 heavy (non-hydrogen) atoms. The average Bonchev–Trinajstić information content (AvgIpc) is 3.32. The standard InChI is InChI=1S/C25H30N2O5S/c1-6-17(2)27(25(28)18-9-7-10-20(13-18)29-3)14-19-16-33-23(26-19)15-32-24-21(30-4)11-8-12-22(24)31-5/h7-13,16-17H,6,14-15H2,1-5H3/t17-/m0/s1. The number of nitrogens with zero attached hydrogens (tertiary/aromatic N) is 2. The van der Waals surface area contributed by atoms with E-state index in [-0.39, 0.29) is 18.6 Å². The predicted molar refractivity (Wildman–Crippen MR) is 129 cm³/mol. The molecule has 0 N–H and O–H groups in total. The molecular weight excluding hydrogens is 440 g/mol. The number of ether oxygens (including phenoxy) is 4. The zero-order valence-corrected chi connectivity index (χ0v) is 20.5. The van der Waals surface area contributed by atoms with Gasteiger partial charge in [0.2, 0.25) is 5.75 Å². The molecule has 0 saturated heterocycles. The number of aromatic nitrogens is 1. The molecule has 0 saturated carbocycles. The third kappa shape index (κ3) is 5.96. The van der Waals surface area contributed by atoms with Crippen LogP contribution in [-0.4, -0.2) is 43.2 Å². The maximum Gasteiger partial charge on any atom is 0.254 e. The summed E-state index contributed by atoms with van der Waals surface area (Å²) >= 11 is 1.49. The molecule has 176 valence electrons. The van der Waals surface area contributed by atoms with Crippen LogP contribution in [0.5, 0.6) is 23.0 Å². The Balaban J connectivity index is 1.73. The summed E-state index contributed by atoms with van der Waals surface area (Å²) in [5, 5.41) is 2.77. The maximum atomic E-state index is 13.3. The van der Waals surface area contributed by atoms with Gasteiger partial charge >= 0.3 is 0 Å². The molecule has 1 amide bonds. The average molecular weight is 471 g/mol. The Labute approximate surface area is 198 Å². The minimum absolute atomic E-state index is 0.0483. The van der Waals surface area contributed by atoms with Crippen LogP contribution >= 0.6 is 11.3 Å². The summed E-state index contributed by atoms with van der Waals surface area (Å²) in [5.74, 6) is 2.34. The van der Waals surface area contributed by atoms with Crippen molar-refractivity contribution in [1.82, 2.24) is 9.88 Å². The van der Waals surface area contributed by atoms with E-state index in [1.807, 2.05) is 47.5 Å². The van der Waals surface area contributed by atoms with Crippen LogP contribution in [0.1, 0.15) is 41.3 Å². The molecule has 0 aliphatic rings. The van der Waals surface area contributed by atoms with E-state index in [0.717, 1.165) is 17.1 Å². The van der Waals surface area contributed by atoms with Crippen molar-refractivity contribution in [3.8, 4) is 23.0 Å². The number of methoxy groups -OCH3 is 3. The number of carbonyl (C=O) groups excluding carboxylic acids is 1. The van der Waals surface area contributed by atoms with Gasteiger partial charge in [-0.2, -0.15) is 0 Å². The SMILES string of the molecule is CC[C@H](C)N(Cc1csc(COc2c(OC)cccc2OC)n1)C(=O)c1cccc(OC)c1. The summed E-state index contributed by atoms with van der Waals surface area (Å²) in [6, 6.07) is 12.8. The van der Waals surface area contributed by atoms with Gasteiger partial charge in [0, 0.05) is 17.0 Å². The second kappa shape index (κ2) is 11.6. The van der Waals surface area contributed by atoms with E-state index in [0.29, 0.717) is 35.1 Å². The summed E-state index contributed by atoms with van der Waals surface area (Å²) in [7, 11) is 4.77. The second-order valence-electron chi connectivity index (χ2n) is 7.44. The van der Waals surface area contributed by atoms with Gasteiger partial charge in [0.15, 0.2) is 11.5 Å². The lowest BCUT2D eigenvalue weighted by Gasteiger charge is -2.28. The van der Waals surface area contributed by atoms with Gasteiger partial charge in [-0.15, -0.1) is 11.3 Å². The zero-order valence-electron chi connectivity index (χ0n) is 19.7. The van der Waals surface area contributed by atoms with Gasteiger partial charge in [0.05, 0.1) is 33.6 Å². The number of carbonyl (C=O) groups is 1. The molecule has 1 atom stereocenters. The van der Waals surface area contributed by atoms with Gasteiger partial charge in [-0.1, -0.05) is 19.1 Å². The normalized spacial score (nSPS) is 11.5. The Morgan fingerprint density at radius 1 is 1.06 bits per heavy atom. The summed E-state index contributed by atoms with van der Waals surface area (Å²) < 4.78 is 22.0. The first-order valence-electron chi connectivity index (χ1n) is 10.7. The third-order valence-corrected chi connectivity index (χ3v) is 6.23. The van der Waals surface area contributed by atoms with Crippen LogP contribution in [0.15, 0.2) is 47.8 Å². The van der Waals surface area contributed by atoms with E-state index in [4.69, 9.17) is 23.9 Å². The Morgan fingerprint density at radius 3 is 2.39 bits per heavy atom. The second-order valence-corrected chi connectivity index (χ2v) is 8.38. The maximum absolute atomic E-state index is 13.3. The van der Waals surface area contributed by atoms with Gasteiger partial charge in [0.1, 0.15) is 17.4 Å². The first-order valence-corrected chi connectivity index (χ1v) is 11.6.